The van der Waals surface area contributed by atoms with Gasteiger partial charge in [0.15, 0.2) is 0 Å². The van der Waals surface area contributed by atoms with Gasteiger partial charge in [-0.15, -0.1) is 0 Å². The summed E-state index contributed by atoms with van der Waals surface area (Å²) in [5, 5.41) is 0. The molecule has 1 N–H and O–H groups in total. The molecule has 0 aromatic heterocycles. The minimum absolute atomic E-state index is 0. The average molecular weight is 200 g/mol. The Morgan fingerprint density at radius 2 is 1.50 bits per heavy atom. The summed E-state index contributed by atoms with van der Waals surface area (Å²) >= 11 is 2.53. The Morgan fingerprint density at radius 3 is 1.70 bits per heavy atom. The topological polar surface area (TPSA) is 20.2 Å². The van der Waals surface area contributed by atoms with Crippen molar-refractivity contribution in [3.05, 3.63) is 42.8 Å². The van der Waals surface area contributed by atoms with E-state index in [1.54, 1.807) is 0 Å². The van der Waals surface area contributed by atoms with Gasteiger partial charge in [0.2, 0.25) is 0 Å². The molecule has 1 aromatic rings. The summed E-state index contributed by atoms with van der Waals surface area (Å²) in [4.78, 5) is 0. The van der Waals surface area contributed by atoms with Gasteiger partial charge in [-0.3, -0.25) is 0 Å². The number of thiol groups is 1. The fourth-order valence-electron chi connectivity index (χ4n) is 0.478. The number of rotatable bonds is 0. The Kier molecular flexibility index (Phi) is 11.4. The fraction of sp³-hybridized carbons (Fsp3) is 0. The summed E-state index contributed by atoms with van der Waals surface area (Å²) in [6.07, 6.45) is 0. The van der Waals surface area contributed by atoms with Gasteiger partial charge in [-0.05, 0) is 25.4 Å². The summed E-state index contributed by atoms with van der Waals surface area (Å²) in [6, 6.07) is 9.87. The fourth-order valence-corrected chi connectivity index (χ4v) is 0.478. The summed E-state index contributed by atoms with van der Waals surface area (Å²) < 4.78 is 6.69. The van der Waals surface area contributed by atoms with E-state index in [0.29, 0.717) is 0 Å². The minimum Gasteiger partial charge on any atom is -0.333 e. The molecule has 0 aliphatic carbocycles. The van der Waals surface area contributed by atoms with Crippen LogP contribution in [0.4, 0.5) is 0 Å². The molecule has 0 fully saturated rings. The second-order valence-corrected chi connectivity index (χ2v) is 1.49. The molecular formula is C7H9NiOS. The molecule has 0 atom stereocenters. The Hall–Kier alpha value is 0.0235. The van der Waals surface area contributed by atoms with Crippen molar-refractivity contribution in [3.8, 4) is 0 Å². The molecule has 0 saturated carbocycles. The van der Waals surface area contributed by atoms with Gasteiger partial charge in [-0.25, -0.2) is 0 Å². The van der Waals surface area contributed by atoms with Crippen LogP contribution < -0.4 is 0 Å². The van der Waals surface area contributed by atoms with Gasteiger partial charge in [0.25, 0.3) is 0 Å². The quantitative estimate of drug-likeness (QED) is 0.373. The third kappa shape index (κ3) is 6.15. The molecule has 0 saturated heterocycles. The minimum atomic E-state index is 0. The van der Waals surface area contributed by atoms with Crippen LogP contribution in [0.3, 0.4) is 0 Å². The van der Waals surface area contributed by atoms with Gasteiger partial charge in [0.1, 0.15) is 0 Å². The maximum atomic E-state index is 6.69. The van der Waals surface area contributed by atoms with E-state index in [-0.39, 0.29) is 16.5 Å². The first-order chi connectivity index (χ1) is 4.39. The van der Waals surface area contributed by atoms with Crippen molar-refractivity contribution in [1.82, 2.24) is 0 Å². The number of benzene rings is 1. The van der Waals surface area contributed by atoms with Gasteiger partial charge in [-0.2, -0.15) is 0 Å². The first-order valence-corrected chi connectivity index (χ1v) is 2.86. The summed E-state index contributed by atoms with van der Waals surface area (Å²) in [7, 11) is 0. The molecule has 0 aliphatic rings. The maximum Gasteiger partial charge on any atom is 0 e. The van der Waals surface area contributed by atoms with E-state index in [9.17, 15) is 0 Å². The van der Waals surface area contributed by atoms with Gasteiger partial charge in [0, 0.05) is 16.5 Å². The van der Waals surface area contributed by atoms with E-state index in [0.717, 1.165) is 5.56 Å². The zero-order valence-corrected chi connectivity index (χ0v) is 7.19. The van der Waals surface area contributed by atoms with Crippen LogP contribution in [0, 0.1) is 6.92 Å². The molecule has 0 unspecified atom stereocenters. The van der Waals surface area contributed by atoms with E-state index < -0.39 is 0 Å². The second-order valence-electron chi connectivity index (χ2n) is 1.49. The van der Waals surface area contributed by atoms with Crippen molar-refractivity contribution in [2.75, 3.05) is 0 Å². The molecule has 1 aromatic carbocycles. The summed E-state index contributed by atoms with van der Waals surface area (Å²) in [6.45, 7) is 3.72. The van der Waals surface area contributed by atoms with Crippen molar-refractivity contribution in [1.29, 1.82) is 0 Å². The molecule has 0 heterocycles. The molecule has 0 bridgehead atoms. The summed E-state index contributed by atoms with van der Waals surface area (Å²) in [5.74, 6) is 0. The summed E-state index contributed by atoms with van der Waals surface area (Å²) in [5.41, 5.74) is 1.07. The SMILES string of the molecule is OS.[CH2]c1ccccc1.[Ni]. The average Bonchev–Trinajstić information content (AvgIpc) is 1.94. The van der Waals surface area contributed by atoms with Crippen molar-refractivity contribution in [3.63, 3.8) is 0 Å². The van der Waals surface area contributed by atoms with Crippen LogP contribution >= 0.6 is 12.9 Å². The van der Waals surface area contributed by atoms with E-state index in [2.05, 4.69) is 19.8 Å². The first kappa shape index (κ1) is 12.7. The van der Waals surface area contributed by atoms with Gasteiger partial charge >= 0.3 is 0 Å². The van der Waals surface area contributed by atoms with E-state index in [1.165, 1.54) is 0 Å². The maximum absolute atomic E-state index is 6.69. The largest absolute Gasteiger partial charge is 0.333 e. The molecule has 1 rings (SSSR count). The number of hydrogen-bond donors (Lipinski definition) is 2. The van der Waals surface area contributed by atoms with Crippen LogP contribution in [-0.2, 0) is 16.5 Å². The smallest absolute Gasteiger partial charge is 0 e. The van der Waals surface area contributed by atoms with Crippen molar-refractivity contribution >= 4 is 12.9 Å². The third-order valence-corrected chi connectivity index (χ3v) is 0.843. The predicted molar refractivity (Wildman–Crippen MR) is 42.5 cm³/mol. The first-order valence-electron chi connectivity index (χ1n) is 2.46. The third-order valence-electron chi connectivity index (χ3n) is 0.843. The predicted octanol–water partition coefficient (Wildman–Crippen LogP) is 2.26. The Balaban J connectivity index is 0. The molecule has 1 nitrogen and oxygen atoms in total. The molecule has 0 aliphatic heterocycles. The van der Waals surface area contributed by atoms with Crippen LogP contribution in [0.25, 0.3) is 0 Å². The van der Waals surface area contributed by atoms with Crippen LogP contribution in [0.1, 0.15) is 5.56 Å². The van der Waals surface area contributed by atoms with Crippen molar-refractivity contribution in [2.24, 2.45) is 0 Å². The van der Waals surface area contributed by atoms with Crippen molar-refractivity contribution in [2.45, 2.75) is 0 Å². The van der Waals surface area contributed by atoms with Gasteiger partial charge in [0.05, 0.1) is 0 Å². The van der Waals surface area contributed by atoms with Crippen molar-refractivity contribution < 1.29 is 21.0 Å². The molecule has 1 radical (unpaired) electrons. The Morgan fingerprint density at radius 1 is 1.10 bits per heavy atom. The van der Waals surface area contributed by atoms with Gasteiger partial charge < -0.3 is 4.55 Å². The number of hydrogen-bond acceptors (Lipinski definition) is 2. The zero-order valence-electron chi connectivity index (χ0n) is 5.30. The molecule has 59 valence electrons. The molecule has 0 spiro atoms. The van der Waals surface area contributed by atoms with E-state index in [4.69, 9.17) is 4.55 Å². The van der Waals surface area contributed by atoms with Gasteiger partial charge in [-0.1, -0.05) is 30.3 Å². The van der Waals surface area contributed by atoms with Crippen LogP contribution in [0.15, 0.2) is 30.3 Å². The standard InChI is InChI=1S/C7H7.Ni.H2OS/c1-7-5-3-2-4-6-7;;1-2/h2-6H,1H2;;1-2H. The zero-order chi connectivity index (χ0) is 7.11. The van der Waals surface area contributed by atoms with E-state index >= 15 is 0 Å². The Labute approximate surface area is 77.0 Å². The molecular weight excluding hydrogens is 191 g/mol. The normalized spacial score (nSPS) is 6.70. The molecule has 0 amide bonds. The van der Waals surface area contributed by atoms with Crippen LogP contribution in [-0.4, -0.2) is 4.55 Å². The monoisotopic (exact) mass is 199 g/mol. The molecule has 10 heavy (non-hydrogen) atoms. The van der Waals surface area contributed by atoms with Crippen LogP contribution in [0.5, 0.6) is 0 Å². The van der Waals surface area contributed by atoms with E-state index in [1.807, 2.05) is 30.3 Å². The van der Waals surface area contributed by atoms with Crippen LogP contribution in [0.2, 0.25) is 0 Å². The second kappa shape index (κ2) is 9.02. The Bertz CT molecular complexity index is 144. The molecule has 3 heteroatoms.